The van der Waals surface area contributed by atoms with Crippen LogP contribution in [0.1, 0.15) is 48.9 Å². The molecule has 0 N–H and O–H groups in total. The van der Waals surface area contributed by atoms with Crippen molar-refractivity contribution in [3.05, 3.63) is 47.2 Å². The Morgan fingerprint density at radius 3 is 2.36 bits per heavy atom. The van der Waals surface area contributed by atoms with Crippen LogP contribution < -0.4 is 0 Å². The van der Waals surface area contributed by atoms with E-state index >= 15 is 0 Å². The van der Waals surface area contributed by atoms with Crippen molar-refractivity contribution in [2.75, 3.05) is 13.1 Å². The van der Waals surface area contributed by atoms with Gasteiger partial charge < -0.3 is 0 Å². The number of aryl methyl sites for hydroxylation is 1. The number of likely N-dealkylation sites (tertiary alicyclic amines) is 1. The summed E-state index contributed by atoms with van der Waals surface area (Å²) in [6.07, 6.45) is 5.88. The standard InChI is InChI=1S/C19H25N3/c1-14-13-20-21-19(15(14)2)18-9-7-17(8-10-18)16(3)22-11-5-4-6-12-22/h7-10,13,16H,4-6,11-12H2,1-3H3. The molecule has 1 fully saturated rings. The van der Waals surface area contributed by atoms with Gasteiger partial charge in [0, 0.05) is 11.6 Å². The molecule has 0 saturated carbocycles. The highest BCUT2D eigenvalue weighted by Crippen LogP contribution is 2.27. The monoisotopic (exact) mass is 295 g/mol. The van der Waals surface area contributed by atoms with Crippen LogP contribution in [0.25, 0.3) is 11.3 Å². The molecule has 0 aliphatic carbocycles. The van der Waals surface area contributed by atoms with E-state index in [9.17, 15) is 0 Å². The zero-order valence-electron chi connectivity index (χ0n) is 13.8. The maximum Gasteiger partial charge on any atom is 0.0961 e. The second-order valence-corrected chi connectivity index (χ2v) is 6.40. The van der Waals surface area contributed by atoms with E-state index in [-0.39, 0.29) is 0 Å². The van der Waals surface area contributed by atoms with Gasteiger partial charge in [0.15, 0.2) is 0 Å². The lowest BCUT2D eigenvalue weighted by Crippen LogP contribution is -2.32. The predicted molar refractivity (Wildman–Crippen MR) is 90.8 cm³/mol. The van der Waals surface area contributed by atoms with E-state index < -0.39 is 0 Å². The summed E-state index contributed by atoms with van der Waals surface area (Å²) in [5.74, 6) is 0. The van der Waals surface area contributed by atoms with E-state index in [1.54, 1.807) is 0 Å². The first-order chi connectivity index (χ1) is 10.7. The Kier molecular flexibility index (Phi) is 4.53. The van der Waals surface area contributed by atoms with Crippen LogP contribution in [-0.4, -0.2) is 28.2 Å². The molecule has 1 aromatic heterocycles. The molecule has 2 heterocycles. The molecule has 1 aromatic carbocycles. The molecule has 0 spiro atoms. The number of benzene rings is 1. The van der Waals surface area contributed by atoms with Crippen LogP contribution in [0.4, 0.5) is 0 Å². The topological polar surface area (TPSA) is 29.0 Å². The van der Waals surface area contributed by atoms with Crippen molar-refractivity contribution in [2.24, 2.45) is 0 Å². The fraction of sp³-hybridized carbons (Fsp3) is 0.474. The smallest absolute Gasteiger partial charge is 0.0961 e. The van der Waals surface area contributed by atoms with Crippen molar-refractivity contribution in [2.45, 2.75) is 46.1 Å². The van der Waals surface area contributed by atoms with Gasteiger partial charge >= 0.3 is 0 Å². The molecule has 3 nitrogen and oxygen atoms in total. The SMILES string of the molecule is Cc1cnnc(-c2ccc(C(C)N3CCCCC3)cc2)c1C. The summed E-state index contributed by atoms with van der Waals surface area (Å²) in [6.45, 7) is 8.97. The van der Waals surface area contributed by atoms with Gasteiger partial charge in [-0.05, 0) is 63.4 Å². The van der Waals surface area contributed by atoms with Gasteiger partial charge in [0.25, 0.3) is 0 Å². The summed E-state index contributed by atoms with van der Waals surface area (Å²) in [5.41, 5.74) is 5.95. The molecule has 3 rings (SSSR count). The molecule has 116 valence electrons. The largest absolute Gasteiger partial charge is 0.297 e. The van der Waals surface area contributed by atoms with Crippen molar-refractivity contribution in [1.29, 1.82) is 0 Å². The molecule has 0 amide bonds. The zero-order chi connectivity index (χ0) is 15.5. The quantitative estimate of drug-likeness (QED) is 0.845. The second kappa shape index (κ2) is 6.57. The summed E-state index contributed by atoms with van der Waals surface area (Å²) >= 11 is 0. The molecule has 2 aromatic rings. The normalized spacial score (nSPS) is 17.4. The van der Waals surface area contributed by atoms with Gasteiger partial charge in [-0.15, -0.1) is 0 Å². The number of rotatable bonds is 3. The summed E-state index contributed by atoms with van der Waals surface area (Å²) in [5, 5.41) is 8.41. The minimum atomic E-state index is 0.499. The average Bonchev–Trinajstić information content (AvgIpc) is 2.58. The third-order valence-electron chi connectivity index (χ3n) is 4.96. The minimum Gasteiger partial charge on any atom is -0.297 e. The maximum atomic E-state index is 4.31. The second-order valence-electron chi connectivity index (χ2n) is 6.40. The molecule has 1 atom stereocenters. The van der Waals surface area contributed by atoms with E-state index in [0.29, 0.717) is 6.04 Å². The fourth-order valence-corrected chi connectivity index (χ4v) is 3.24. The van der Waals surface area contributed by atoms with E-state index in [4.69, 9.17) is 0 Å². The highest BCUT2D eigenvalue weighted by atomic mass is 15.2. The van der Waals surface area contributed by atoms with Crippen LogP contribution in [0.5, 0.6) is 0 Å². The molecule has 3 heteroatoms. The molecule has 1 unspecified atom stereocenters. The average molecular weight is 295 g/mol. The van der Waals surface area contributed by atoms with Crippen LogP contribution in [0, 0.1) is 13.8 Å². The first-order valence-electron chi connectivity index (χ1n) is 8.30. The van der Waals surface area contributed by atoms with Gasteiger partial charge in [-0.2, -0.15) is 10.2 Å². The highest BCUT2D eigenvalue weighted by Gasteiger charge is 2.18. The minimum absolute atomic E-state index is 0.499. The van der Waals surface area contributed by atoms with E-state index in [2.05, 4.69) is 60.1 Å². The predicted octanol–water partition coefficient (Wildman–Crippen LogP) is 4.31. The van der Waals surface area contributed by atoms with Gasteiger partial charge in [0.2, 0.25) is 0 Å². The molecular weight excluding hydrogens is 270 g/mol. The zero-order valence-corrected chi connectivity index (χ0v) is 13.8. The summed E-state index contributed by atoms with van der Waals surface area (Å²) in [6, 6.07) is 9.37. The summed E-state index contributed by atoms with van der Waals surface area (Å²) in [4.78, 5) is 2.59. The van der Waals surface area contributed by atoms with Crippen molar-refractivity contribution in [3.63, 3.8) is 0 Å². The molecular formula is C19H25N3. The van der Waals surface area contributed by atoms with Crippen LogP contribution in [0.15, 0.2) is 30.5 Å². The van der Waals surface area contributed by atoms with Gasteiger partial charge in [0.05, 0.1) is 11.9 Å². The van der Waals surface area contributed by atoms with Crippen molar-refractivity contribution < 1.29 is 0 Å². The van der Waals surface area contributed by atoms with Gasteiger partial charge in [-0.25, -0.2) is 0 Å². The first-order valence-corrected chi connectivity index (χ1v) is 8.30. The number of hydrogen-bond acceptors (Lipinski definition) is 3. The maximum absolute atomic E-state index is 4.31. The molecule has 1 aliphatic heterocycles. The Morgan fingerprint density at radius 2 is 1.68 bits per heavy atom. The number of piperidine rings is 1. The Labute approximate surface area is 133 Å². The van der Waals surface area contributed by atoms with E-state index in [1.807, 2.05) is 6.20 Å². The van der Waals surface area contributed by atoms with Crippen LogP contribution in [-0.2, 0) is 0 Å². The molecule has 1 aliphatic rings. The van der Waals surface area contributed by atoms with Gasteiger partial charge in [-0.3, -0.25) is 4.90 Å². The Bertz CT molecular complexity index is 628. The van der Waals surface area contributed by atoms with Crippen molar-refractivity contribution in [3.8, 4) is 11.3 Å². The van der Waals surface area contributed by atoms with Crippen LogP contribution in [0.3, 0.4) is 0 Å². The van der Waals surface area contributed by atoms with Gasteiger partial charge in [-0.1, -0.05) is 30.7 Å². The Morgan fingerprint density at radius 1 is 1.00 bits per heavy atom. The van der Waals surface area contributed by atoms with Crippen molar-refractivity contribution >= 4 is 0 Å². The third kappa shape index (κ3) is 3.05. The fourth-order valence-electron chi connectivity index (χ4n) is 3.24. The lowest BCUT2D eigenvalue weighted by Gasteiger charge is -2.32. The number of aromatic nitrogens is 2. The first kappa shape index (κ1) is 15.2. The van der Waals surface area contributed by atoms with E-state index in [1.165, 1.54) is 49.0 Å². The van der Waals surface area contributed by atoms with Crippen LogP contribution >= 0.6 is 0 Å². The lowest BCUT2D eigenvalue weighted by molar-refractivity contribution is 0.175. The van der Waals surface area contributed by atoms with E-state index in [0.717, 1.165) is 11.3 Å². The highest BCUT2D eigenvalue weighted by molar-refractivity contribution is 5.63. The summed E-state index contributed by atoms with van der Waals surface area (Å²) in [7, 11) is 0. The molecule has 22 heavy (non-hydrogen) atoms. The number of hydrogen-bond donors (Lipinski definition) is 0. The van der Waals surface area contributed by atoms with Gasteiger partial charge in [0.1, 0.15) is 0 Å². The Balaban J connectivity index is 1.81. The molecule has 0 bridgehead atoms. The molecule has 1 saturated heterocycles. The Hall–Kier alpha value is -1.74. The summed E-state index contributed by atoms with van der Waals surface area (Å²) < 4.78 is 0. The molecule has 0 radical (unpaired) electrons. The number of nitrogens with zero attached hydrogens (tertiary/aromatic N) is 3. The third-order valence-corrected chi connectivity index (χ3v) is 4.96. The van der Waals surface area contributed by atoms with Crippen LogP contribution in [0.2, 0.25) is 0 Å². The lowest BCUT2D eigenvalue weighted by atomic mass is 9.99. The van der Waals surface area contributed by atoms with Crippen molar-refractivity contribution in [1.82, 2.24) is 15.1 Å².